The Morgan fingerprint density at radius 3 is 2.36 bits per heavy atom. The molecular weight excluding hydrogens is 196 g/mol. The van der Waals surface area contributed by atoms with Gasteiger partial charge >= 0.3 is 0 Å². The summed E-state index contributed by atoms with van der Waals surface area (Å²) >= 11 is 1.47. The molecule has 0 aromatic carbocycles. The van der Waals surface area contributed by atoms with Crippen LogP contribution in [0.5, 0.6) is 0 Å². The molecule has 76 valence electrons. The lowest BCUT2D eigenvalue weighted by molar-refractivity contribution is -0.119. The molecule has 0 unspecified atom stereocenters. The van der Waals surface area contributed by atoms with Crippen LogP contribution in [0.2, 0.25) is 0 Å². The van der Waals surface area contributed by atoms with Gasteiger partial charge in [0.1, 0.15) is 5.78 Å². The van der Waals surface area contributed by atoms with Crippen LogP contribution in [0, 0.1) is 5.92 Å². The smallest absolute Gasteiger partial charge is 0.151 e. The maximum Gasteiger partial charge on any atom is 0.151 e. The van der Waals surface area contributed by atoms with Gasteiger partial charge in [0.05, 0.1) is 0 Å². The normalized spacial score (nSPS) is 13.0. The molecule has 0 bridgehead atoms. The fraction of sp³-hybridized carbons (Fsp3) is 0.364. The van der Waals surface area contributed by atoms with Crippen molar-refractivity contribution in [1.29, 1.82) is 0 Å². The van der Waals surface area contributed by atoms with Crippen LogP contribution >= 0.6 is 11.8 Å². The molecule has 0 aliphatic carbocycles. The lowest BCUT2D eigenvalue weighted by Crippen LogP contribution is -1.98. The summed E-state index contributed by atoms with van der Waals surface area (Å²) in [5.41, 5.74) is 3.49. The van der Waals surface area contributed by atoms with Crippen LogP contribution in [-0.4, -0.2) is 12.1 Å². The molecule has 1 rings (SSSR count). The number of ketones is 1. The molecule has 1 heterocycles. The number of hydrogen-bond acceptors (Lipinski definition) is 3. The highest BCUT2D eigenvalue weighted by Crippen LogP contribution is 2.11. The highest BCUT2D eigenvalue weighted by atomic mass is 32.2. The molecule has 0 amide bonds. The third kappa shape index (κ3) is 6.46. The molecule has 0 fully saturated rings. The van der Waals surface area contributed by atoms with E-state index in [0.717, 1.165) is 6.29 Å². The first-order valence-electron chi connectivity index (χ1n) is 4.30. The number of thioether (sulfide) groups is 1. The van der Waals surface area contributed by atoms with Crippen molar-refractivity contribution in [3.63, 3.8) is 0 Å². The molecule has 0 saturated carbocycles. The molecule has 1 aliphatic heterocycles. The van der Waals surface area contributed by atoms with E-state index in [4.69, 9.17) is 0 Å². The van der Waals surface area contributed by atoms with E-state index >= 15 is 0 Å². The predicted molar refractivity (Wildman–Crippen MR) is 59.9 cm³/mol. The summed E-state index contributed by atoms with van der Waals surface area (Å²) in [7, 11) is 0. The van der Waals surface area contributed by atoms with E-state index in [1.165, 1.54) is 11.8 Å². The second kappa shape index (κ2) is 7.36. The average molecular weight is 210 g/mol. The van der Waals surface area contributed by atoms with Crippen LogP contribution < -0.4 is 0 Å². The van der Waals surface area contributed by atoms with Crippen molar-refractivity contribution < 1.29 is 9.59 Å². The SMILES string of the molecule is CC(=O)C(C)C.O=CC1=CSC=C=C1. The summed E-state index contributed by atoms with van der Waals surface area (Å²) in [6, 6.07) is 0. The number of carbonyl (C=O) groups excluding carboxylic acids is 2. The third-order valence-corrected chi connectivity index (χ3v) is 2.22. The second-order valence-electron chi connectivity index (χ2n) is 3.07. The lowest BCUT2D eigenvalue weighted by atomic mass is 10.1. The van der Waals surface area contributed by atoms with Gasteiger partial charge in [0.25, 0.3) is 0 Å². The zero-order valence-electron chi connectivity index (χ0n) is 8.61. The van der Waals surface area contributed by atoms with Crippen LogP contribution in [0.3, 0.4) is 0 Å². The lowest BCUT2D eigenvalue weighted by Gasteiger charge is -1.90. The summed E-state index contributed by atoms with van der Waals surface area (Å²) in [4.78, 5) is 20.1. The van der Waals surface area contributed by atoms with E-state index in [2.05, 4.69) is 5.73 Å². The zero-order valence-corrected chi connectivity index (χ0v) is 9.43. The molecule has 0 radical (unpaired) electrons. The fourth-order valence-corrected chi connectivity index (χ4v) is 0.873. The van der Waals surface area contributed by atoms with Gasteiger partial charge in [-0.1, -0.05) is 25.6 Å². The molecule has 0 aromatic heterocycles. The number of aldehydes is 1. The highest BCUT2D eigenvalue weighted by Gasteiger charge is 1.95. The van der Waals surface area contributed by atoms with Crippen LogP contribution in [0.1, 0.15) is 20.8 Å². The Balaban J connectivity index is 0.000000255. The summed E-state index contributed by atoms with van der Waals surface area (Å²) in [6.45, 7) is 5.38. The topological polar surface area (TPSA) is 34.1 Å². The first kappa shape index (κ1) is 12.9. The Morgan fingerprint density at radius 2 is 2.14 bits per heavy atom. The number of allylic oxidation sites excluding steroid dienone is 2. The van der Waals surface area contributed by atoms with Crippen molar-refractivity contribution in [3.05, 3.63) is 28.2 Å². The number of Topliss-reactive ketones (excluding diaryl/α,β-unsaturated/α-hetero) is 1. The van der Waals surface area contributed by atoms with Gasteiger partial charge < -0.3 is 0 Å². The van der Waals surface area contributed by atoms with Gasteiger partial charge in [-0.2, -0.15) is 0 Å². The monoisotopic (exact) mass is 210 g/mol. The summed E-state index contributed by atoms with van der Waals surface area (Å²) < 4.78 is 0. The van der Waals surface area contributed by atoms with Gasteiger partial charge in [-0.05, 0) is 18.4 Å². The molecule has 1 aliphatic rings. The Kier molecular flexibility index (Phi) is 6.81. The van der Waals surface area contributed by atoms with E-state index in [-0.39, 0.29) is 11.7 Å². The molecule has 3 heteroatoms. The van der Waals surface area contributed by atoms with Gasteiger partial charge in [-0.15, -0.1) is 5.73 Å². The Morgan fingerprint density at radius 1 is 1.57 bits per heavy atom. The molecule has 0 saturated heterocycles. The predicted octanol–water partition coefficient (Wildman–Crippen LogP) is 2.72. The fourth-order valence-electron chi connectivity index (χ4n) is 0.378. The van der Waals surface area contributed by atoms with Crippen LogP contribution in [-0.2, 0) is 9.59 Å². The van der Waals surface area contributed by atoms with Crippen LogP contribution in [0.15, 0.2) is 28.2 Å². The average Bonchev–Trinajstić information content (AvgIpc) is 2.20. The summed E-state index contributed by atoms with van der Waals surface area (Å²) in [6.07, 6.45) is 2.47. The molecule has 0 aromatic rings. The minimum absolute atomic E-state index is 0.213. The first-order valence-corrected chi connectivity index (χ1v) is 5.24. The molecule has 2 nitrogen and oxygen atoms in total. The van der Waals surface area contributed by atoms with E-state index in [9.17, 15) is 9.59 Å². The van der Waals surface area contributed by atoms with Crippen LogP contribution in [0.25, 0.3) is 0 Å². The third-order valence-electron chi connectivity index (χ3n) is 1.54. The molecule has 0 spiro atoms. The van der Waals surface area contributed by atoms with Crippen LogP contribution in [0.4, 0.5) is 0 Å². The van der Waals surface area contributed by atoms with E-state index in [1.54, 1.807) is 23.8 Å². The van der Waals surface area contributed by atoms with Gasteiger partial charge in [0, 0.05) is 16.9 Å². The Hall–Kier alpha value is -1.05. The Labute approximate surface area is 88.8 Å². The van der Waals surface area contributed by atoms with Crippen molar-refractivity contribution in [2.45, 2.75) is 20.8 Å². The van der Waals surface area contributed by atoms with Gasteiger partial charge in [-0.3, -0.25) is 9.59 Å². The van der Waals surface area contributed by atoms with Crippen molar-refractivity contribution in [1.82, 2.24) is 0 Å². The molecular formula is C11H14O2S. The largest absolute Gasteiger partial charge is 0.300 e. The minimum atomic E-state index is 0.213. The number of rotatable bonds is 2. The van der Waals surface area contributed by atoms with Crippen molar-refractivity contribution in [2.24, 2.45) is 5.92 Å². The van der Waals surface area contributed by atoms with Gasteiger partial charge in [0.15, 0.2) is 6.29 Å². The minimum Gasteiger partial charge on any atom is -0.300 e. The van der Waals surface area contributed by atoms with E-state index in [0.29, 0.717) is 5.57 Å². The van der Waals surface area contributed by atoms with Gasteiger partial charge in [0.2, 0.25) is 0 Å². The highest BCUT2D eigenvalue weighted by molar-refractivity contribution is 8.05. The van der Waals surface area contributed by atoms with Crippen molar-refractivity contribution in [2.75, 3.05) is 0 Å². The zero-order chi connectivity index (χ0) is 11.0. The standard InChI is InChI=1S/C6H4OS.C5H10O/c7-4-6-2-1-3-8-5-6;1-4(2)5(3)6/h2-5H;4H,1-3H3. The number of carbonyl (C=O) groups is 2. The molecule has 14 heavy (non-hydrogen) atoms. The first-order chi connectivity index (χ1) is 6.57. The maximum absolute atomic E-state index is 10.1. The molecule has 0 N–H and O–H groups in total. The van der Waals surface area contributed by atoms with E-state index < -0.39 is 0 Å². The Bertz CT molecular complexity index is 294. The van der Waals surface area contributed by atoms with E-state index in [1.807, 2.05) is 13.8 Å². The second-order valence-corrected chi connectivity index (χ2v) is 3.81. The van der Waals surface area contributed by atoms with Crippen molar-refractivity contribution in [3.8, 4) is 0 Å². The van der Waals surface area contributed by atoms with Gasteiger partial charge in [-0.25, -0.2) is 0 Å². The number of hydrogen-bond donors (Lipinski definition) is 0. The van der Waals surface area contributed by atoms with Crippen molar-refractivity contribution >= 4 is 23.8 Å². The molecule has 0 atom stereocenters. The quantitative estimate of drug-likeness (QED) is 0.519. The summed E-state index contributed by atoms with van der Waals surface area (Å²) in [5, 5.41) is 3.58. The maximum atomic E-state index is 10.1. The summed E-state index contributed by atoms with van der Waals surface area (Å²) in [5.74, 6) is 0.472.